The number of rotatable bonds is 6. The van der Waals surface area contributed by atoms with E-state index in [9.17, 15) is 55.9 Å². The second-order valence-electron chi connectivity index (χ2n) is 10.2. The first kappa shape index (κ1) is 30.7. The Hall–Kier alpha value is -3.71. The Labute approximate surface area is 241 Å². The normalized spacial score (nSPS) is 33.0. The summed E-state index contributed by atoms with van der Waals surface area (Å²) < 4.78 is 28.0. The smallest absolute Gasteiger partial charge is 0.239 e. The van der Waals surface area contributed by atoms with Crippen LogP contribution >= 0.6 is 0 Å². The standard InChI is InChI=1S/C27H30O16/c1-8-23(42-27-21(37)19(35)17(33)15(7-28)41-27)20(36)22(38)26(39-8)43-25-18(34)16-13(32)5-10(29)6-14(16)40-24(25)9-2-3-11(30)12(31)4-9/h2-6,8,15,17,19-23,26-33,35-38H,7H2,1H3/t8-,15+,17+,19-,20-,21+,22+,23-,26-,27-/m0/s1. The Bertz CT molecular complexity index is 1540. The minimum absolute atomic E-state index is 0.00476. The molecule has 2 aliphatic rings. The molecule has 5 rings (SSSR count). The van der Waals surface area contributed by atoms with Crippen LogP contribution in [0, 0.1) is 0 Å². The molecule has 0 radical (unpaired) electrons. The molecular formula is C27H30O16. The molecule has 43 heavy (non-hydrogen) atoms. The third-order valence-electron chi connectivity index (χ3n) is 7.31. The van der Waals surface area contributed by atoms with Gasteiger partial charge in [-0.1, -0.05) is 0 Å². The van der Waals surface area contributed by atoms with E-state index in [0.717, 1.165) is 24.3 Å². The zero-order chi connectivity index (χ0) is 31.3. The monoisotopic (exact) mass is 610 g/mol. The number of hydrogen-bond acceptors (Lipinski definition) is 16. The number of hydrogen-bond donors (Lipinski definition) is 10. The summed E-state index contributed by atoms with van der Waals surface area (Å²) in [6, 6.07) is 5.32. The molecule has 2 fully saturated rings. The van der Waals surface area contributed by atoms with Crippen molar-refractivity contribution in [1.29, 1.82) is 0 Å². The number of aromatic hydroxyl groups is 4. The van der Waals surface area contributed by atoms with Gasteiger partial charge in [0, 0.05) is 17.7 Å². The number of ether oxygens (including phenoxy) is 4. The van der Waals surface area contributed by atoms with Gasteiger partial charge >= 0.3 is 0 Å². The zero-order valence-corrected chi connectivity index (χ0v) is 22.3. The Kier molecular flexibility index (Phi) is 8.41. The topological polar surface area (TPSA) is 269 Å². The van der Waals surface area contributed by atoms with Crippen molar-refractivity contribution in [2.24, 2.45) is 0 Å². The Balaban J connectivity index is 1.47. The average Bonchev–Trinajstić information content (AvgIpc) is 2.96. The van der Waals surface area contributed by atoms with Gasteiger partial charge in [-0.3, -0.25) is 4.79 Å². The van der Waals surface area contributed by atoms with Crippen molar-refractivity contribution in [2.75, 3.05) is 6.61 Å². The van der Waals surface area contributed by atoms with E-state index in [2.05, 4.69) is 0 Å². The van der Waals surface area contributed by atoms with Crippen molar-refractivity contribution in [2.45, 2.75) is 68.3 Å². The number of aliphatic hydroxyl groups excluding tert-OH is 6. The van der Waals surface area contributed by atoms with Gasteiger partial charge in [0.25, 0.3) is 0 Å². The number of fused-ring (bicyclic) bond motifs is 1. The van der Waals surface area contributed by atoms with Crippen LogP contribution in [0.2, 0.25) is 0 Å². The largest absolute Gasteiger partial charge is 0.508 e. The molecule has 0 bridgehead atoms. The average molecular weight is 611 g/mol. The fraction of sp³-hybridized carbons (Fsp3) is 0.444. The summed E-state index contributed by atoms with van der Waals surface area (Å²) >= 11 is 0. The number of phenols is 4. The minimum Gasteiger partial charge on any atom is -0.508 e. The quantitative estimate of drug-likeness (QED) is 0.140. The zero-order valence-electron chi connectivity index (χ0n) is 22.3. The van der Waals surface area contributed by atoms with Gasteiger partial charge in [0.15, 0.2) is 23.5 Å². The summed E-state index contributed by atoms with van der Waals surface area (Å²) in [4.78, 5) is 13.6. The summed E-state index contributed by atoms with van der Waals surface area (Å²) in [5.41, 5.74) is -1.27. The van der Waals surface area contributed by atoms with Crippen LogP contribution in [0.4, 0.5) is 0 Å². The molecule has 16 nitrogen and oxygen atoms in total. The Morgan fingerprint density at radius 1 is 0.791 bits per heavy atom. The van der Waals surface area contributed by atoms with E-state index in [1.807, 2.05) is 0 Å². The predicted octanol–water partition coefficient (Wildman–Crippen LogP) is -1.69. The van der Waals surface area contributed by atoms with E-state index in [1.165, 1.54) is 13.0 Å². The molecule has 1 aromatic heterocycles. The van der Waals surface area contributed by atoms with E-state index >= 15 is 0 Å². The lowest BCUT2D eigenvalue weighted by atomic mass is 9.97. The lowest BCUT2D eigenvalue weighted by molar-refractivity contribution is -0.348. The van der Waals surface area contributed by atoms with Crippen molar-refractivity contribution in [3.8, 4) is 40.1 Å². The highest BCUT2D eigenvalue weighted by atomic mass is 16.7. The van der Waals surface area contributed by atoms with Gasteiger partial charge < -0.3 is 74.4 Å². The molecule has 16 heteroatoms. The molecule has 2 aliphatic heterocycles. The minimum atomic E-state index is -1.93. The fourth-order valence-electron chi connectivity index (χ4n) is 4.97. The molecule has 3 heterocycles. The molecule has 2 aromatic carbocycles. The van der Waals surface area contributed by atoms with E-state index < -0.39 is 108 Å². The first-order valence-electron chi connectivity index (χ1n) is 13.0. The number of aliphatic hydroxyl groups is 6. The van der Waals surface area contributed by atoms with Crippen LogP contribution in [0.1, 0.15) is 6.92 Å². The van der Waals surface area contributed by atoms with Crippen molar-refractivity contribution in [1.82, 2.24) is 0 Å². The van der Waals surface area contributed by atoms with E-state index in [4.69, 9.17) is 23.4 Å². The highest BCUT2D eigenvalue weighted by molar-refractivity contribution is 5.88. The third kappa shape index (κ3) is 5.55. The first-order chi connectivity index (χ1) is 20.3. The van der Waals surface area contributed by atoms with E-state index in [1.54, 1.807) is 0 Å². The summed E-state index contributed by atoms with van der Waals surface area (Å²) in [6.07, 6.45) is -16.3. The van der Waals surface area contributed by atoms with Gasteiger partial charge in [-0.25, -0.2) is 0 Å². The summed E-state index contributed by atoms with van der Waals surface area (Å²) in [7, 11) is 0. The molecule has 0 aliphatic carbocycles. The third-order valence-corrected chi connectivity index (χ3v) is 7.31. The number of benzene rings is 2. The van der Waals surface area contributed by atoms with Gasteiger partial charge in [0.1, 0.15) is 65.2 Å². The molecule has 0 spiro atoms. The Morgan fingerprint density at radius 3 is 2.16 bits per heavy atom. The van der Waals surface area contributed by atoms with Gasteiger partial charge in [-0.05, 0) is 25.1 Å². The van der Waals surface area contributed by atoms with Crippen molar-refractivity contribution < 1.29 is 74.4 Å². The van der Waals surface area contributed by atoms with Crippen LogP contribution < -0.4 is 10.2 Å². The van der Waals surface area contributed by atoms with Crippen LogP contribution in [-0.2, 0) is 14.2 Å². The van der Waals surface area contributed by atoms with Gasteiger partial charge in [-0.2, -0.15) is 0 Å². The van der Waals surface area contributed by atoms with Gasteiger partial charge in [0.2, 0.25) is 17.5 Å². The SMILES string of the molecule is C[C@@H]1O[C@@H](Oc2c(-c3ccc(O)c(O)c3)oc3cc(O)cc(O)c3c2=O)[C@H](O)[C@H](O)[C@H]1O[C@@H]1O[C@H](CO)[C@@H](O)[C@H](O)[C@H]1O. The molecule has 10 atom stereocenters. The predicted molar refractivity (Wildman–Crippen MR) is 140 cm³/mol. The number of phenolic OH excluding ortho intramolecular Hbond substituents is 4. The molecular weight excluding hydrogens is 580 g/mol. The van der Waals surface area contributed by atoms with E-state index in [0.29, 0.717) is 0 Å². The maximum Gasteiger partial charge on any atom is 0.239 e. The molecule has 10 N–H and O–H groups in total. The maximum atomic E-state index is 13.6. The van der Waals surface area contributed by atoms with Crippen LogP contribution in [0.15, 0.2) is 39.5 Å². The molecule has 3 aromatic rings. The van der Waals surface area contributed by atoms with Gasteiger partial charge in [-0.15, -0.1) is 0 Å². The summed E-state index contributed by atoms with van der Waals surface area (Å²) in [5, 5.41) is 101. The molecule has 0 amide bonds. The van der Waals surface area contributed by atoms with Gasteiger partial charge in [0.05, 0.1) is 12.7 Å². The van der Waals surface area contributed by atoms with Crippen LogP contribution in [0.5, 0.6) is 28.7 Å². The lowest BCUT2D eigenvalue weighted by Crippen LogP contribution is -2.64. The second kappa shape index (κ2) is 11.8. The van der Waals surface area contributed by atoms with Crippen molar-refractivity contribution >= 4 is 11.0 Å². The molecule has 0 unspecified atom stereocenters. The van der Waals surface area contributed by atoms with Crippen LogP contribution in [0.25, 0.3) is 22.3 Å². The summed E-state index contributed by atoms with van der Waals surface area (Å²) in [6.45, 7) is 0.657. The van der Waals surface area contributed by atoms with Crippen LogP contribution in [-0.4, -0.2) is 119 Å². The maximum absolute atomic E-state index is 13.6. The molecule has 0 saturated carbocycles. The lowest BCUT2D eigenvalue weighted by Gasteiger charge is -2.45. The highest BCUT2D eigenvalue weighted by Gasteiger charge is 2.50. The van der Waals surface area contributed by atoms with Crippen molar-refractivity contribution in [3.05, 3.63) is 40.6 Å². The molecule has 234 valence electrons. The molecule has 2 saturated heterocycles. The highest BCUT2D eigenvalue weighted by Crippen LogP contribution is 2.39. The summed E-state index contributed by atoms with van der Waals surface area (Å²) in [5.74, 6) is -3.19. The van der Waals surface area contributed by atoms with Crippen molar-refractivity contribution in [3.63, 3.8) is 0 Å². The second-order valence-corrected chi connectivity index (χ2v) is 10.2. The van der Waals surface area contributed by atoms with E-state index in [-0.39, 0.29) is 16.9 Å². The Morgan fingerprint density at radius 2 is 1.49 bits per heavy atom. The fourth-order valence-corrected chi connectivity index (χ4v) is 4.97. The van der Waals surface area contributed by atoms with Crippen LogP contribution in [0.3, 0.4) is 0 Å². The first-order valence-corrected chi connectivity index (χ1v) is 13.0.